The number of hydrogen-bond acceptors (Lipinski definition) is 5. The largest absolute Gasteiger partial charge is 0.338 e. The van der Waals surface area contributed by atoms with Crippen molar-refractivity contribution in [3.05, 3.63) is 48.0 Å². The summed E-state index contributed by atoms with van der Waals surface area (Å²) in [6.07, 6.45) is 5.46. The van der Waals surface area contributed by atoms with Crippen molar-refractivity contribution in [3.8, 4) is 11.5 Å². The topological polar surface area (TPSA) is 106 Å². The van der Waals surface area contributed by atoms with Crippen molar-refractivity contribution in [2.75, 3.05) is 30.2 Å². The minimum Gasteiger partial charge on any atom is -0.338 e. The first-order chi connectivity index (χ1) is 18.3. The lowest BCUT2D eigenvalue weighted by Gasteiger charge is -2.32. The highest BCUT2D eigenvalue weighted by atomic mass is 32.2. The Balaban J connectivity index is 1.43. The van der Waals surface area contributed by atoms with Crippen LogP contribution in [0, 0.1) is 5.92 Å². The fraction of sp³-hybridized carbons (Fsp3) is 0.429. The molecule has 0 bridgehead atoms. The average Bonchev–Trinajstić information content (AvgIpc) is 3.54. The predicted octanol–water partition coefficient (Wildman–Crippen LogP) is 3.41. The van der Waals surface area contributed by atoms with Crippen LogP contribution in [-0.4, -0.2) is 65.3 Å². The van der Waals surface area contributed by atoms with Gasteiger partial charge in [-0.2, -0.15) is 0 Å². The third-order valence-corrected chi connectivity index (χ3v) is 9.37. The van der Waals surface area contributed by atoms with Gasteiger partial charge in [-0.1, -0.05) is 18.2 Å². The Morgan fingerprint density at radius 3 is 2.66 bits per heavy atom. The third-order valence-electron chi connectivity index (χ3n) is 8.19. The summed E-state index contributed by atoms with van der Waals surface area (Å²) in [5.41, 5.74) is 10.7. The summed E-state index contributed by atoms with van der Waals surface area (Å²) in [5, 5.41) is 1.16. The molecule has 0 unspecified atom stereocenters. The van der Waals surface area contributed by atoms with Gasteiger partial charge in [0.05, 0.1) is 35.2 Å². The van der Waals surface area contributed by atoms with Crippen LogP contribution in [0.25, 0.3) is 33.5 Å². The maximum absolute atomic E-state index is 13.6. The highest BCUT2D eigenvalue weighted by Gasteiger charge is 2.33. The number of aromatic nitrogens is 3. The Labute approximate surface area is 221 Å². The van der Waals surface area contributed by atoms with Gasteiger partial charge in [0, 0.05) is 48.7 Å². The van der Waals surface area contributed by atoms with Crippen molar-refractivity contribution in [2.24, 2.45) is 11.7 Å². The highest BCUT2D eigenvalue weighted by molar-refractivity contribution is 7.92. The van der Waals surface area contributed by atoms with Gasteiger partial charge in [0.2, 0.25) is 10.0 Å². The van der Waals surface area contributed by atoms with Gasteiger partial charge >= 0.3 is 0 Å². The van der Waals surface area contributed by atoms with Crippen LogP contribution in [0.1, 0.15) is 36.0 Å². The molecule has 2 N–H and O–H groups in total. The first-order valence-corrected chi connectivity index (χ1v) is 15.3. The van der Waals surface area contributed by atoms with E-state index in [1.165, 1.54) is 28.9 Å². The summed E-state index contributed by atoms with van der Waals surface area (Å²) in [6.45, 7) is 2.87. The predicted molar refractivity (Wildman–Crippen MR) is 149 cm³/mol. The normalized spacial score (nSPS) is 20.0. The molecule has 0 spiro atoms. The molecule has 2 fully saturated rings. The van der Waals surface area contributed by atoms with Crippen LogP contribution < -0.4 is 10.0 Å². The second-order valence-corrected chi connectivity index (χ2v) is 13.0. The quantitative estimate of drug-likeness (QED) is 0.424. The monoisotopic (exact) mass is 532 g/mol. The van der Waals surface area contributed by atoms with Crippen LogP contribution in [0.15, 0.2) is 42.5 Å². The van der Waals surface area contributed by atoms with Crippen molar-refractivity contribution >= 4 is 43.6 Å². The van der Waals surface area contributed by atoms with Gasteiger partial charge in [-0.25, -0.2) is 13.4 Å². The molecule has 4 aromatic rings. The second-order valence-electron chi connectivity index (χ2n) is 11.1. The zero-order valence-corrected chi connectivity index (χ0v) is 22.3. The Kier molecular flexibility index (Phi) is 5.35. The fourth-order valence-corrected chi connectivity index (χ4v) is 7.07. The minimum absolute atomic E-state index is 0.0403. The number of carbonyl (C=O) groups is 1. The molecule has 198 valence electrons. The summed E-state index contributed by atoms with van der Waals surface area (Å²) in [4.78, 5) is 20.4. The molecule has 1 amide bonds. The first-order valence-electron chi connectivity index (χ1n) is 13.4. The molecule has 1 saturated heterocycles. The van der Waals surface area contributed by atoms with Crippen LogP contribution in [0.5, 0.6) is 0 Å². The Morgan fingerprint density at radius 1 is 1.08 bits per heavy atom. The Bertz CT molecular complexity index is 1700. The van der Waals surface area contributed by atoms with E-state index in [0.29, 0.717) is 48.9 Å². The smallest absolute Gasteiger partial charge is 0.254 e. The van der Waals surface area contributed by atoms with Crippen molar-refractivity contribution in [1.29, 1.82) is 0 Å². The summed E-state index contributed by atoms with van der Waals surface area (Å²) in [7, 11) is -3.54. The van der Waals surface area contributed by atoms with E-state index in [4.69, 9.17) is 10.7 Å². The van der Waals surface area contributed by atoms with Crippen LogP contribution in [0.4, 0.5) is 5.69 Å². The Morgan fingerprint density at radius 2 is 1.89 bits per heavy atom. The van der Waals surface area contributed by atoms with Crippen molar-refractivity contribution in [1.82, 2.24) is 19.0 Å². The molecule has 38 heavy (non-hydrogen) atoms. The van der Waals surface area contributed by atoms with Gasteiger partial charge in [0.1, 0.15) is 0 Å². The molecule has 9 nitrogen and oxygen atoms in total. The number of hydrogen-bond donors (Lipinski definition) is 1. The first kappa shape index (κ1) is 23.7. The number of amides is 1. The molecule has 1 saturated carbocycles. The van der Waals surface area contributed by atoms with Crippen LogP contribution in [-0.2, 0) is 23.1 Å². The van der Waals surface area contributed by atoms with Crippen LogP contribution in [0.2, 0.25) is 0 Å². The SMILES string of the molecule is CS(=O)(=O)N1CCn2c(-c3cc4ccccc4n3CC3CC3)nc3cc(C(=O)N4CCC[C@@H](N)C4)cc1c32. The highest BCUT2D eigenvalue weighted by Crippen LogP contribution is 2.40. The molecule has 1 aliphatic carbocycles. The molecular weight excluding hydrogens is 500 g/mol. The lowest BCUT2D eigenvalue weighted by atomic mass is 10.0. The average molecular weight is 533 g/mol. The fourth-order valence-electron chi connectivity index (χ4n) is 6.16. The molecule has 2 aliphatic heterocycles. The standard InChI is InChI=1S/C28H32N6O3S/c1-38(36,37)34-12-11-32-26-22(13-20(15-24(26)34)28(35)31-10-4-6-21(29)17-31)30-27(32)25-14-19-5-2-3-7-23(19)33(25)16-18-8-9-18/h2-3,5,7,13-15,18,21H,4,6,8-12,16-17,29H2,1H3/t21-/m1/s1. The number of fused-ring (bicyclic) bond motifs is 1. The number of benzene rings is 2. The van der Waals surface area contributed by atoms with Crippen molar-refractivity contribution in [2.45, 2.75) is 44.8 Å². The van der Waals surface area contributed by atoms with Gasteiger partial charge < -0.3 is 19.8 Å². The molecule has 2 aromatic heterocycles. The lowest BCUT2D eigenvalue weighted by molar-refractivity contribution is 0.0709. The molecule has 3 aliphatic rings. The van der Waals surface area contributed by atoms with E-state index in [1.54, 1.807) is 11.0 Å². The number of piperidine rings is 1. The number of carbonyl (C=O) groups excluding carboxylic acids is 1. The van der Waals surface area contributed by atoms with Gasteiger partial charge in [0.25, 0.3) is 5.91 Å². The summed E-state index contributed by atoms with van der Waals surface area (Å²) < 4.78 is 31.5. The van der Waals surface area contributed by atoms with E-state index in [9.17, 15) is 13.2 Å². The summed E-state index contributed by atoms with van der Waals surface area (Å²) in [6, 6.07) is 14.1. The number of likely N-dealkylation sites (tertiary alicyclic amines) is 1. The molecular formula is C28H32N6O3S. The van der Waals surface area contributed by atoms with E-state index in [1.807, 2.05) is 12.1 Å². The zero-order chi connectivity index (χ0) is 26.2. The number of rotatable bonds is 5. The molecule has 0 radical (unpaired) electrons. The molecule has 1 atom stereocenters. The van der Waals surface area contributed by atoms with Gasteiger partial charge in [-0.15, -0.1) is 0 Å². The molecule has 10 heteroatoms. The third kappa shape index (κ3) is 3.89. The van der Waals surface area contributed by atoms with Crippen LogP contribution >= 0.6 is 0 Å². The number of nitrogens with two attached hydrogens (primary N) is 1. The Hall–Kier alpha value is -3.37. The summed E-state index contributed by atoms with van der Waals surface area (Å²) >= 11 is 0. The van der Waals surface area contributed by atoms with Gasteiger partial charge in [-0.3, -0.25) is 9.10 Å². The van der Waals surface area contributed by atoms with E-state index in [0.717, 1.165) is 41.8 Å². The summed E-state index contributed by atoms with van der Waals surface area (Å²) in [5.74, 6) is 1.36. The van der Waals surface area contributed by atoms with E-state index < -0.39 is 10.0 Å². The van der Waals surface area contributed by atoms with E-state index >= 15 is 0 Å². The maximum atomic E-state index is 13.6. The number of para-hydroxylation sites is 1. The minimum atomic E-state index is -3.54. The lowest BCUT2D eigenvalue weighted by Crippen LogP contribution is -2.45. The number of imidazole rings is 1. The molecule has 7 rings (SSSR count). The maximum Gasteiger partial charge on any atom is 0.254 e. The number of anilines is 1. The van der Waals surface area contributed by atoms with Crippen molar-refractivity contribution in [3.63, 3.8) is 0 Å². The van der Waals surface area contributed by atoms with E-state index in [-0.39, 0.29) is 11.9 Å². The van der Waals surface area contributed by atoms with Crippen LogP contribution in [0.3, 0.4) is 0 Å². The van der Waals surface area contributed by atoms with Gasteiger partial charge in [0.15, 0.2) is 5.82 Å². The molecule has 4 heterocycles. The van der Waals surface area contributed by atoms with Gasteiger partial charge in [-0.05, 0) is 55.9 Å². The van der Waals surface area contributed by atoms with E-state index in [2.05, 4.69) is 33.4 Å². The second kappa shape index (κ2) is 8.57. The van der Waals surface area contributed by atoms with Crippen molar-refractivity contribution < 1.29 is 13.2 Å². The number of sulfonamides is 1. The zero-order valence-electron chi connectivity index (χ0n) is 21.5. The molecule has 2 aromatic carbocycles. The number of nitrogens with zero attached hydrogens (tertiary/aromatic N) is 5.